The van der Waals surface area contributed by atoms with Gasteiger partial charge in [-0.1, -0.05) is 24.3 Å². The normalized spacial score (nSPS) is 10.3. The van der Waals surface area contributed by atoms with Crippen LogP contribution in [0.1, 0.15) is 11.1 Å². The zero-order valence-corrected chi connectivity index (χ0v) is 16.2. The van der Waals surface area contributed by atoms with Crippen LogP contribution in [0.2, 0.25) is 0 Å². The van der Waals surface area contributed by atoms with Crippen LogP contribution in [0.4, 0.5) is 9.80 Å². The van der Waals surface area contributed by atoms with Crippen LogP contribution in [0.15, 0.2) is 66.0 Å². The standard InChI is InChI=1S/C21H22N2O3S/c1-25-18-9-5-16(6-10-18)14-23(21(24)22-20-4-3-13-27-20)15-17-7-11-19(26-2)12-8-17/h3-13H,14-15H2,1-2H3,(H,22,24). The maximum atomic E-state index is 12.8. The molecule has 1 aromatic heterocycles. The molecule has 0 saturated heterocycles. The molecule has 2 aromatic carbocycles. The van der Waals surface area contributed by atoms with E-state index in [2.05, 4.69) is 5.32 Å². The van der Waals surface area contributed by atoms with Crippen LogP contribution < -0.4 is 14.8 Å². The van der Waals surface area contributed by atoms with Crippen LogP contribution in [0.5, 0.6) is 11.5 Å². The molecule has 1 heterocycles. The van der Waals surface area contributed by atoms with Crippen molar-refractivity contribution in [2.24, 2.45) is 0 Å². The summed E-state index contributed by atoms with van der Waals surface area (Å²) in [6.07, 6.45) is 0. The Morgan fingerprint density at radius 2 is 1.41 bits per heavy atom. The maximum absolute atomic E-state index is 12.8. The van der Waals surface area contributed by atoms with Gasteiger partial charge in [-0.15, -0.1) is 11.3 Å². The molecule has 0 aliphatic heterocycles. The quantitative estimate of drug-likeness (QED) is 0.626. The van der Waals surface area contributed by atoms with Crippen LogP contribution in [0, 0.1) is 0 Å². The summed E-state index contributed by atoms with van der Waals surface area (Å²) in [6, 6.07) is 19.2. The molecule has 140 valence electrons. The number of urea groups is 1. The molecule has 0 fully saturated rings. The number of anilines is 1. The Hall–Kier alpha value is -2.99. The van der Waals surface area contributed by atoms with E-state index in [1.54, 1.807) is 19.1 Å². The second kappa shape index (κ2) is 9.09. The number of benzene rings is 2. The molecule has 0 aliphatic carbocycles. The zero-order chi connectivity index (χ0) is 19.1. The van der Waals surface area contributed by atoms with Gasteiger partial charge in [0.25, 0.3) is 0 Å². The summed E-state index contributed by atoms with van der Waals surface area (Å²) >= 11 is 1.50. The molecule has 3 rings (SSSR count). The molecule has 0 radical (unpaired) electrons. The maximum Gasteiger partial charge on any atom is 0.323 e. The largest absolute Gasteiger partial charge is 0.497 e. The van der Waals surface area contributed by atoms with Crippen molar-refractivity contribution in [2.75, 3.05) is 19.5 Å². The smallest absolute Gasteiger partial charge is 0.323 e. The number of amides is 2. The Balaban J connectivity index is 1.76. The predicted octanol–water partition coefficient (Wildman–Crippen LogP) is 5.00. The summed E-state index contributed by atoms with van der Waals surface area (Å²) in [7, 11) is 3.28. The molecule has 27 heavy (non-hydrogen) atoms. The number of nitrogens with one attached hydrogen (secondary N) is 1. The molecule has 1 N–H and O–H groups in total. The molecular weight excluding hydrogens is 360 g/mol. The van der Waals surface area contributed by atoms with Gasteiger partial charge in [0.2, 0.25) is 0 Å². The van der Waals surface area contributed by atoms with E-state index >= 15 is 0 Å². The summed E-state index contributed by atoms with van der Waals surface area (Å²) < 4.78 is 10.4. The molecule has 3 aromatic rings. The molecule has 5 nitrogen and oxygen atoms in total. The third-order valence-electron chi connectivity index (χ3n) is 4.10. The molecule has 6 heteroatoms. The molecule has 0 bridgehead atoms. The average Bonchev–Trinajstić information content (AvgIpc) is 3.21. The molecule has 0 unspecified atom stereocenters. The van der Waals surface area contributed by atoms with Gasteiger partial charge in [0, 0.05) is 13.1 Å². The third-order valence-corrected chi connectivity index (χ3v) is 4.89. The number of hydrogen-bond donors (Lipinski definition) is 1. The molecule has 0 atom stereocenters. The number of carbonyl (C=O) groups excluding carboxylic acids is 1. The van der Waals surface area contributed by atoms with Crippen molar-refractivity contribution >= 4 is 22.4 Å². The van der Waals surface area contributed by atoms with Gasteiger partial charge in [-0.3, -0.25) is 5.32 Å². The molecular formula is C21H22N2O3S. The van der Waals surface area contributed by atoms with Gasteiger partial charge < -0.3 is 14.4 Å². The van der Waals surface area contributed by atoms with Crippen molar-refractivity contribution in [3.63, 3.8) is 0 Å². The zero-order valence-electron chi connectivity index (χ0n) is 15.3. The first-order chi connectivity index (χ1) is 13.2. The number of carbonyl (C=O) groups is 1. The van der Waals surface area contributed by atoms with Crippen molar-refractivity contribution in [1.29, 1.82) is 0 Å². The fraction of sp³-hybridized carbons (Fsp3) is 0.190. The summed E-state index contributed by atoms with van der Waals surface area (Å²) in [6.45, 7) is 0.987. The molecule has 0 aliphatic rings. The van der Waals surface area contributed by atoms with Gasteiger partial charge in [-0.25, -0.2) is 4.79 Å². The number of nitrogens with zero attached hydrogens (tertiary/aromatic N) is 1. The van der Waals surface area contributed by atoms with E-state index in [-0.39, 0.29) is 6.03 Å². The van der Waals surface area contributed by atoms with Crippen molar-refractivity contribution in [2.45, 2.75) is 13.1 Å². The van der Waals surface area contributed by atoms with Gasteiger partial charge >= 0.3 is 6.03 Å². The number of ether oxygens (including phenoxy) is 2. The predicted molar refractivity (Wildman–Crippen MR) is 109 cm³/mol. The SMILES string of the molecule is COc1ccc(CN(Cc2ccc(OC)cc2)C(=O)Nc2cccs2)cc1. The minimum absolute atomic E-state index is 0.135. The second-order valence-electron chi connectivity index (χ2n) is 5.96. The summed E-state index contributed by atoms with van der Waals surface area (Å²) in [5.41, 5.74) is 2.07. The van der Waals surface area contributed by atoms with Crippen LogP contribution in [-0.2, 0) is 13.1 Å². The molecule has 2 amide bonds. The minimum Gasteiger partial charge on any atom is -0.497 e. The van der Waals surface area contributed by atoms with Gasteiger partial charge in [0.05, 0.1) is 19.2 Å². The van der Waals surface area contributed by atoms with Crippen LogP contribution in [-0.4, -0.2) is 25.2 Å². The van der Waals surface area contributed by atoms with E-state index in [1.165, 1.54) is 11.3 Å². The van der Waals surface area contributed by atoms with Crippen LogP contribution in [0.3, 0.4) is 0 Å². The highest BCUT2D eigenvalue weighted by Gasteiger charge is 2.15. The van der Waals surface area contributed by atoms with E-state index in [9.17, 15) is 4.79 Å². The Kier molecular flexibility index (Phi) is 6.33. The number of thiophene rings is 1. The third kappa shape index (κ3) is 5.24. The topological polar surface area (TPSA) is 50.8 Å². The molecule has 0 spiro atoms. The van der Waals surface area contributed by atoms with Crippen LogP contribution in [0.25, 0.3) is 0 Å². The first kappa shape index (κ1) is 18.8. The first-order valence-corrected chi connectivity index (χ1v) is 9.41. The van der Waals surface area contributed by atoms with Crippen LogP contribution >= 0.6 is 11.3 Å². The highest BCUT2D eigenvalue weighted by molar-refractivity contribution is 7.14. The lowest BCUT2D eigenvalue weighted by molar-refractivity contribution is 0.206. The van der Waals surface area contributed by atoms with E-state index in [0.717, 1.165) is 27.6 Å². The first-order valence-electron chi connectivity index (χ1n) is 8.53. The van der Waals surface area contributed by atoms with E-state index in [4.69, 9.17) is 9.47 Å². The Morgan fingerprint density at radius 3 is 1.81 bits per heavy atom. The lowest BCUT2D eigenvalue weighted by Crippen LogP contribution is -2.33. The fourth-order valence-corrected chi connectivity index (χ4v) is 3.24. The van der Waals surface area contributed by atoms with Gasteiger partial charge in [0.1, 0.15) is 11.5 Å². The van der Waals surface area contributed by atoms with Crippen molar-refractivity contribution in [1.82, 2.24) is 4.90 Å². The summed E-state index contributed by atoms with van der Waals surface area (Å²) in [5, 5.41) is 5.73. The highest BCUT2D eigenvalue weighted by atomic mass is 32.1. The van der Waals surface area contributed by atoms with Crippen molar-refractivity contribution in [3.05, 3.63) is 77.2 Å². The van der Waals surface area contributed by atoms with E-state index in [1.807, 2.05) is 66.0 Å². The number of hydrogen-bond acceptors (Lipinski definition) is 4. The fourth-order valence-electron chi connectivity index (χ4n) is 2.64. The second-order valence-corrected chi connectivity index (χ2v) is 6.91. The van der Waals surface area contributed by atoms with E-state index in [0.29, 0.717) is 13.1 Å². The summed E-state index contributed by atoms with van der Waals surface area (Å²) in [5.74, 6) is 1.59. The van der Waals surface area contributed by atoms with E-state index < -0.39 is 0 Å². The highest BCUT2D eigenvalue weighted by Crippen LogP contribution is 2.20. The van der Waals surface area contributed by atoms with Gasteiger partial charge in [-0.2, -0.15) is 0 Å². The Labute approximate surface area is 163 Å². The average molecular weight is 382 g/mol. The Bertz CT molecular complexity index is 797. The summed E-state index contributed by atoms with van der Waals surface area (Å²) in [4.78, 5) is 14.6. The minimum atomic E-state index is -0.135. The number of rotatable bonds is 7. The van der Waals surface area contributed by atoms with Gasteiger partial charge in [0.15, 0.2) is 0 Å². The van der Waals surface area contributed by atoms with Crippen molar-refractivity contribution < 1.29 is 14.3 Å². The lowest BCUT2D eigenvalue weighted by atomic mass is 10.1. The van der Waals surface area contributed by atoms with Crippen molar-refractivity contribution in [3.8, 4) is 11.5 Å². The van der Waals surface area contributed by atoms with Gasteiger partial charge in [-0.05, 0) is 52.9 Å². The lowest BCUT2D eigenvalue weighted by Gasteiger charge is -2.23. The number of methoxy groups -OCH3 is 2. The molecule has 0 saturated carbocycles. The monoisotopic (exact) mass is 382 g/mol. The Morgan fingerprint density at radius 1 is 0.889 bits per heavy atom.